The Labute approximate surface area is 327 Å². The van der Waals surface area contributed by atoms with Gasteiger partial charge in [-0.3, -0.25) is 0 Å². The van der Waals surface area contributed by atoms with Crippen molar-refractivity contribution >= 4 is 98.3 Å². The fraction of sp³-hybridized carbons (Fsp3) is 0. The van der Waals surface area contributed by atoms with Crippen LogP contribution < -0.4 is 9.80 Å². The number of fused-ring (bicyclic) bond motifs is 7. The monoisotopic (exact) mass is 735 g/mol. The number of hydrogen-bond acceptors (Lipinski definition) is 5. The molecule has 264 valence electrons. The molecule has 0 aliphatic heterocycles. The fourth-order valence-electron chi connectivity index (χ4n) is 8.04. The van der Waals surface area contributed by atoms with Crippen molar-refractivity contribution in [2.24, 2.45) is 0 Å². The van der Waals surface area contributed by atoms with E-state index in [9.17, 15) is 0 Å². The van der Waals surface area contributed by atoms with Crippen LogP contribution in [0.25, 0.3) is 64.3 Å². The highest BCUT2D eigenvalue weighted by molar-refractivity contribution is 7.26. The number of oxazole rings is 1. The maximum atomic E-state index is 6.50. The summed E-state index contributed by atoms with van der Waals surface area (Å²) in [6.07, 6.45) is 0. The Balaban J connectivity index is 1.24. The molecular weight excluding hydrogens is 703 g/mol. The zero-order valence-corrected chi connectivity index (χ0v) is 31.0. The van der Waals surface area contributed by atoms with Gasteiger partial charge in [0.05, 0.1) is 16.1 Å². The molecule has 0 aliphatic rings. The minimum atomic E-state index is 0.601. The minimum Gasteiger partial charge on any atom is -0.436 e. The van der Waals surface area contributed by atoms with Crippen molar-refractivity contribution in [3.05, 3.63) is 200 Å². The van der Waals surface area contributed by atoms with E-state index in [-0.39, 0.29) is 0 Å². The van der Waals surface area contributed by atoms with E-state index >= 15 is 0 Å². The van der Waals surface area contributed by atoms with E-state index in [0.29, 0.717) is 5.89 Å². The van der Waals surface area contributed by atoms with Crippen molar-refractivity contribution < 1.29 is 4.42 Å². The van der Waals surface area contributed by atoms with Gasteiger partial charge in [-0.2, -0.15) is 0 Å². The van der Waals surface area contributed by atoms with Crippen LogP contribution in [0.2, 0.25) is 0 Å². The van der Waals surface area contributed by atoms with Crippen LogP contribution in [-0.4, -0.2) is 4.98 Å². The van der Waals surface area contributed by atoms with Crippen LogP contribution in [0.15, 0.2) is 205 Å². The molecule has 0 aliphatic carbocycles. The van der Waals surface area contributed by atoms with Gasteiger partial charge in [-0.05, 0) is 95.7 Å². The van der Waals surface area contributed by atoms with Gasteiger partial charge >= 0.3 is 0 Å². The summed E-state index contributed by atoms with van der Waals surface area (Å²) in [5.41, 5.74) is 8.87. The summed E-state index contributed by atoms with van der Waals surface area (Å²) >= 11 is 1.84. The molecule has 0 radical (unpaired) electrons. The largest absolute Gasteiger partial charge is 0.436 e. The van der Waals surface area contributed by atoms with Gasteiger partial charge in [-0.15, -0.1) is 11.3 Å². The van der Waals surface area contributed by atoms with Crippen molar-refractivity contribution in [3.63, 3.8) is 0 Å². The number of hydrogen-bond donors (Lipinski definition) is 0. The summed E-state index contributed by atoms with van der Waals surface area (Å²) in [6.45, 7) is 0. The predicted molar refractivity (Wildman–Crippen MR) is 237 cm³/mol. The Morgan fingerprint density at radius 3 is 1.86 bits per heavy atom. The van der Waals surface area contributed by atoms with E-state index in [4.69, 9.17) is 9.40 Å². The molecule has 56 heavy (non-hydrogen) atoms. The zero-order chi connectivity index (χ0) is 37.0. The molecule has 11 rings (SSSR count). The zero-order valence-electron chi connectivity index (χ0n) is 30.2. The summed E-state index contributed by atoms with van der Waals surface area (Å²) < 4.78 is 9.01. The third kappa shape index (κ3) is 5.40. The summed E-state index contributed by atoms with van der Waals surface area (Å²) in [5, 5.41) is 6.98. The normalized spacial score (nSPS) is 11.6. The van der Waals surface area contributed by atoms with Crippen LogP contribution in [0.1, 0.15) is 0 Å². The highest BCUT2D eigenvalue weighted by Crippen LogP contribution is 2.49. The van der Waals surface area contributed by atoms with Crippen molar-refractivity contribution in [3.8, 4) is 11.5 Å². The lowest BCUT2D eigenvalue weighted by atomic mass is 10.0. The minimum absolute atomic E-state index is 0.601. The number of nitrogens with zero attached hydrogens (tertiary/aromatic N) is 3. The van der Waals surface area contributed by atoms with Gasteiger partial charge in [0.25, 0.3) is 0 Å². The molecule has 0 amide bonds. The van der Waals surface area contributed by atoms with Crippen LogP contribution in [0.3, 0.4) is 0 Å². The number of rotatable bonds is 7. The first-order valence-electron chi connectivity index (χ1n) is 18.8. The molecule has 9 aromatic carbocycles. The highest BCUT2D eigenvalue weighted by atomic mass is 32.1. The molecular formula is C51H33N3OS. The second kappa shape index (κ2) is 13.3. The van der Waals surface area contributed by atoms with E-state index in [1.807, 2.05) is 41.7 Å². The molecule has 0 fully saturated rings. The Morgan fingerprint density at radius 2 is 1.07 bits per heavy atom. The first kappa shape index (κ1) is 32.2. The molecule has 0 unspecified atom stereocenters. The topological polar surface area (TPSA) is 32.5 Å². The van der Waals surface area contributed by atoms with Crippen LogP contribution in [0.5, 0.6) is 0 Å². The summed E-state index contributed by atoms with van der Waals surface area (Å²) in [5.74, 6) is 0.601. The number of thiophene rings is 1. The SMILES string of the molecule is c1ccc(-c2nc3c(ccc4c(N(c5ccccc5)c5ccc6ccccc6c5)cc(N(c5ccccc5)c5cccc6c5sc5ccccc56)cc43)o2)cc1. The Morgan fingerprint density at radius 1 is 0.411 bits per heavy atom. The summed E-state index contributed by atoms with van der Waals surface area (Å²) in [4.78, 5) is 10.0. The number of aromatic nitrogens is 1. The smallest absolute Gasteiger partial charge is 0.227 e. The lowest BCUT2D eigenvalue weighted by Gasteiger charge is -2.31. The molecule has 11 aromatic rings. The highest BCUT2D eigenvalue weighted by Gasteiger charge is 2.24. The van der Waals surface area contributed by atoms with Gasteiger partial charge in [-0.25, -0.2) is 4.98 Å². The van der Waals surface area contributed by atoms with Crippen LogP contribution in [0.4, 0.5) is 34.1 Å². The van der Waals surface area contributed by atoms with Crippen LogP contribution in [-0.2, 0) is 0 Å². The van der Waals surface area contributed by atoms with Crippen LogP contribution in [0, 0.1) is 0 Å². The maximum Gasteiger partial charge on any atom is 0.227 e. The molecule has 0 saturated carbocycles. The Bertz CT molecular complexity index is 3210. The van der Waals surface area contributed by atoms with Crippen molar-refractivity contribution in [1.82, 2.24) is 4.98 Å². The molecule has 0 N–H and O–H groups in total. The van der Waals surface area contributed by atoms with Gasteiger partial charge in [-0.1, -0.05) is 115 Å². The third-order valence-corrected chi connectivity index (χ3v) is 11.8. The lowest BCUT2D eigenvalue weighted by Crippen LogP contribution is -2.14. The third-order valence-electron chi connectivity index (χ3n) is 10.6. The molecule has 2 aromatic heterocycles. The van der Waals surface area contributed by atoms with Crippen LogP contribution >= 0.6 is 11.3 Å². The quantitative estimate of drug-likeness (QED) is 0.163. The first-order chi connectivity index (χ1) is 27.8. The molecule has 0 spiro atoms. The molecule has 5 heteroatoms. The van der Waals surface area contributed by atoms with Crippen molar-refractivity contribution in [1.29, 1.82) is 0 Å². The van der Waals surface area contributed by atoms with Gasteiger partial charge in [0.15, 0.2) is 5.58 Å². The molecule has 2 heterocycles. The first-order valence-corrected chi connectivity index (χ1v) is 19.6. The second-order valence-electron chi connectivity index (χ2n) is 14.0. The van der Waals surface area contributed by atoms with Gasteiger partial charge in [0, 0.05) is 54.6 Å². The summed E-state index contributed by atoms with van der Waals surface area (Å²) in [7, 11) is 0. The number of benzene rings is 9. The van der Waals surface area contributed by atoms with Gasteiger partial charge in [0.1, 0.15) is 5.52 Å². The van der Waals surface area contributed by atoms with Gasteiger partial charge in [0.2, 0.25) is 5.89 Å². The average molecular weight is 736 g/mol. The molecule has 0 saturated heterocycles. The fourth-order valence-corrected chi connectivity index (χ4v) is 9.25. The van der Waals surface area contributed by atoms with E-state index in [0.717, 1.165) is 61.6 Å². The van der Waals surface area contributed by atoms with E-state index < -0.39 is 0 Å². The second-order valence-corrected chi connectivity index (χ2v) is 15.0. The number of para-hydroxylation sites is 2. The standard InChI is InChI=1S/C51H33N3OS/c1-4-16-35(17-5-1)51-52-49-44-32-40(54(38-21-8-3-9-22-38)45-25-14-24-43-42-23-12-13-26-48(42)56-50(43)45)33-46(41(44)29-30-47(49)55-51)53(37-19-6-2-7-20-37)39-28-27-34-15-10-11-18-36(34)31-39/h1-33H. The number of anilines is 6. The predicted octanol–water partition coefficient (Wildman–Crippen LogP) is 15.1. The summed E-state index contributed by atoms with van der Waals surface area (Å²) in [6, 6.07) is 71.0. The molecule has 0 atom stereocenters. The lowest BCUT2D eigenvalue weighted by molar-refractivity contribution is 0.620. The Hall–Kier alpha value is -7.21. The van der Waals surface area contributed by atoms with E-state index in [2.05, 4.69) is 180 Å². The molecule has 4 nitrogen and oxygen atoms in total. The maximum absolute atomic E-state index is 6.50. The van der Waals surface area contributed by atoms with E-state index in [1.165, 1.54) is 30.9 Å². The Kier molecular flexibility index (Phi) is 7.64. The van der Waals surface area contributed by atoms with Gasteiger partial charge < -0.3 is 14.2 Å². The average Bonchev–Trinajstić information content (AvgIpc) is 3.88. The van der Waals surface area contributed by atoms with Crippen molar-refractivity contribution in [2.75, 3.05) is 9.80 Å². The molecule has 0 bridgehead atoms. The van der Waals surface area contributed by atoms with Crippen molar-refractivity contribution in [2.45, 2.75) is 0 Å². The van der Waals surface area contributed by atoms with E-state index in [1.54, 1.807) is 0 Å².